The molecule has 0 unspecified atom stereocenters. The maximum absolute atomic E-state index is 14.6. The summed E-state index contributed by atoms with van der Waals surface area (Å²) in [7, 11) is 0. The van der Waals surface area contributed by atoms with Crippen molar-refractivity contribution >= 4 is 17.7 Å². The number of ether oxygens (including phenoxy) is 2. The zero-order valence-corrected chi connectivity index (χ0v) is 17.6. The van der Waals surface area contributed by atoms with Gasteiger partial charge in [-0.05, 0) is 44.5 Å². The predicted molar refractivity (Wildman–Crippen MR) is 112 cm³/mol. The number of anilines is 1. The first-order chi connectivity index (χ1) is 14.2. The van der Waals surface area contributed by atoms with Crippen LogP contribution < -0.4 is 4.90 Å². The Morgan fingerprint density at radius 3 is 2.27 bits per heavy atom. The third-order valence-corrected chi connectivity index (χ3v) is 4.68. The molecule has 0 aromatic heterocycles. The summed E-state index contributed by atoms with van der Waals surface area (Å²) in [5.74, 6) is -1.32. The Morgan fingerprint density at radius 1 is 1.00 bits per heavy atom. The molecule has 1 aliphatic heterocycles. The second kappa shape index (κ2) is 9.15. The molecule has 160 valence electrons. The number of carbonyl (C=O) groups is 2. The van der Waals surface area contributed by atoms with Crippen LogP contribution in [-0.2, 0) is 16.1 Å². The van der Waals surface area contributed by atoms with Crippen LogP contribution >= 0.6 is 0 Å². The molecule has 2 aromatic carbocycles. The molecular formula is C23H27FN2O4. The van der Waals surface area contributed by atoms with Crippen LogP contribution in [0.5, 0.6) is 0 Å². The number of hydrogen-bond acceptors (Lipinski definition) is 5. The van der Waals surface area contributed by atoms with E-state index in [1.54, 1.807) is 11.0 Å². The third-order valence-electron chi connectivity index (χ3n) is 4.68. The number of benzene rings is 2. The molecule has 0 aliphatic carbocycles. The fourth-order valence-electron chi connectivity index (χ4n) is 3.14. The number of rotatable bonds is 4. The molecule has 30 heavy (non-hydrogen) atoms. The van der Waals surface area contributed by atoms with Gasteiger partial charge in [0.05, 0.1) is 5.56 Å². The molecule has 2 aromatic rings. The van der Waals surface area contributed by atoms with Gasteiger partial charge in [-0.1, -0.05) is 30.3 Å². The summed E-state index contributed by atoms with van der Waals surface area (Å²) in [6, 6.07) is 13.7. The average Bonchev–Trinajstić information content (AvgIpc) is 2.71. The molecule has 1 fully saturated rings. The lowest BCUT2D eigenvalue weighted by atomic mass is 10.1. The van der Waals surface area contributed by atoms with Gasteiger partial charge < -0.3 is 19.3 Å². The molecule has 0 spiro atoms. The normalized spacial score (nSPS) is 14.4. The number of nitrogens with zero attached hydrogens (tertiary/aromatic N) is 2. The molecule has 0 atom stereocenters. The Balaban J connectivity index is 1.56. The van der Waals surface area contributed by atoms with Crippen molar-refractivity contribution in [3.63, 3.8) is 0 Å². The lowest BCUT2D eigenvalue weighted by Crippen LogP contribution is -2.50. The van der Waals surface area contributed by atoms with Gasteiger partial charge in [0.1, 0.15) is 18.0 Å². The molecule has 1 aliphatic rings. The van der Waals surface area contributed by atoms with Crippen LogP contribution in [0.15, 0.2) is 48.5 Å². The van der Waals surface area contributed by atoms with Crippen molar-refractivity contribution in [3.8, 4) is 0 Å². The Labute approximate surface area is 176 Å². The fraction of sp³-hybridized carbons (Fsp3) is 0.391. The Hall–Kier alpha value is -3.09. The summed E-state index contributed by atoms with van der Waals surface area (Å²) >= 11 is 0. The highest BCUT2D eigenvalue weighted by Crippen LogP contribution is 2.22. The van der Waals surface area contributed by atoms with Crippen molar-refractivity contribution in [1.82, 2.24) is 4.90 Å². The SMILES string of the molecule is CC(C)(C)OC(=O)N1CCN(c2ccc(C(=O)OCc3ccccc3)c(F)c2)CC1. The van der Waals surface area contributed by atoms with E-state index in [-0.39, 0.29) is 18.3 Å². The van der Waals surface area contributed by atoms with Crippen LogP contribution in [0, 0.1) is 5.82 Å². The summed E-state index contributed by atoms with van der Waals surface area (Å²) in [5, 5.41) is 0. The van der Waals surface area contributed by atoms with E-state index in [1.165, 1.54) is 12.1 Å². The summed E-state index contributed by atoms with van der Waals surface area (Å²) in [6.07, 6.45) is -0.343. The first-order valence-electron chi connectivity index (χ1n) is 9.96. The summed E-state index contributed by atoms with van der Waals surface area (Å²) < 4.78 is 25.2. The highest BCUT2D eigenvalue weighted by Gasteiger charge is 2.26. The molecule has 6 nitrogen and oxygen atoms in total. The Bertz CT molecular complexity index is 888. The largest absolute Gasteiger partial charge is 0.457 e. The maximum Gasteiger partial charge on any atom is 0.410 e. The molecule has 0 N–H and O–H groups in total. The van der Waals surface area contributed by atoms with E-state index in [9.17, 15) is 14.0 Å². The van der Waals surface area contributed by atoms with Crippen LogP contribution in [0.1, 0.15) is 36.7 Å². The summed E-state index contributed by atoms with van der Waals surface area (Å²) in [4.78, 5) is 28.0. The van der Waals surface area contributed by atoms with Gasteiger partial charge in [-0.15, -0.1) is 0 Å². The van der Waals surface area contributed by atoms with Crippen molar-refractivity contribution in [1.29, 1.82) is 0 Å². The number of esters is 1. The van der Waals surface area contributed by atoms with Crippen molar-refractivity contribution in [2.45, 2.75) is 33.0 Å². The molecule has 0 bridgehead atoms. The minimum atomic E-state index is -0.697. The van der Waals surface area contributed by atoms with Crippen molar-refractivity contribution < 1.29 is 23.5 Å². The molecule has 1 saturated heterocycles. The Kier molecular flexibility index (Phi) is 6.59. The third kappa shape index (κ3) is 5.72. The van der Waals surface area contributed by atoms with E-state index in [0.717, 1.165) is 5.56 Å². The predicted octanol–water partition coefficient (Wildman–Crippen LogP) is 4.24. The standard InChI is InChI=1S/C23H27FN2O4/c1-23(2,3)30-22(28)26-13-11-25(12-14-26)18-9-10-19(20(24)15-18)21(27)29-16-17-7-5-4-6-8-17/h4-10,15H,11-14,16H2,1-3H3. The van der Waals surface area contributed by atoms with Crippen LogP contribution in [0.3, 0.4) is 0 Å². The number of hydrogen-bond donors (Lipinski definition) is 0. The second-order valence-corrected chi connectivity index (χ2v) is 8.18. The molecule has 7 heteroatoms. The molecule has 1 heterocycles. The highest BCUT2D eigenvalue weighted by molar-refractivity contribution is 5.90. The number of amides is 1. The molecule has 0 radical (unpaired) electrons. The van der Waals surface area contributed by atoms with Crippen LogP contribution in [0.4, 0.5) is 14.9 Å². The second-order valence-electron chi connectivity index (χ2n) is 8.18. The average molecular weight is 414 g/mol. The quantitative estimate of drug-likeness (QED) is 0.701. The molecule has 0 saturated carbocycles. The van der Waals surface area contributed by atoms with Gasteiger partial charge in [0.25, 0.3) is 0 Å². The lowest BCUT2D eigenvalue weighted by molar-refractivity contribution is 0.0240. The van der Waals surface area contributed by atoms with E-state index >= 15 is 0 Å². The molecule has 1 amide bonds. The summed E-state index contributed by atoms with van der Waals surface area (Å²) in [5.41, 5.74) is 0.867. The maximum atomic E-state index is 14.6. The topological polar surface area (TPSA) is 59.1 Å². The van der Waals surface area contributed by atoms with Crippen LogP contribution in [0.2, 0.25) is 0 Å². The van der Waals surface area contributed by atoms with Gasteiger partial charge >= 0.3 is 12.1 Å². The van der Waals surface area contributed by atoms with Gasteiger partial charge in [0.2, 0.25) is 0 Å². The minimum absolute atomic E-state index is 0.0908. The Morgan fingerprint density at radius 2 is 1.67 bits per heavy atom. The first kappa shape index (κ1) is 21.6. The summed E-state index contributed by atoms with van der Waals surface area (Å²) in [6.45, 7) is 7.65. The van der Waals surface area contributed by atoms with Crippen molar-refractivity contribution in [2.75, 3.05) is 31.1 Å². The van der Waals surface area contributed by atoms with Crippen molar-refractivity contribution in [2.24, 2.45) is 0 Å². The number of piperazine rings is 1. The van der Waals surface area contributed by atoms with Crippen LogP contribution in [0.25, 0.3) is 0 Å². The van der Waals surface area contributed by atoms with Gasteiger partial charge in [-0.2, -0.15) is 0 Å². The number of carbonyl (C=O) groups excluding carboxylic acids is 2. The van der Waals surface area contributed by atoms with E-state index < -0.39 is 17.4 Å². The minimum Gasteiger partial charge on any atom is -0.457 e. The number of halogens is 1. The monoisotopic (exact) mass is 414 g/mol. The van der Waals surface area contributed by atoms with E-state index in [0.29, 0.717) is 31.9 Å². The van der Waals surface area contributed by atoms with E-state index in [2.05, 4.69) is 0 Å². The van der Waals surface area contributed by atoms with Crippen molar-refractivity contribution in [3.05, 3.63) is 65.5 Å². The lowest BCUT2D eigenvalue weighted by Gasteiger charge is -2.36. The van der Waals surface area contributed by atoms with Crippen LogP contribution in [-0.4, -0.2) is 48.7 Å². The van der Waals surface area contributed by atoms with Gasteiger partial charge in [-0.25, -0.2) is 14.0 Å². The highest BCUT2D eigenvalue weighted by atomic mass is 19.1. The van der Waals surface area contributed by atoms with Gasteiger partial charge in [0.15, 0.2) is 0 Å². The van der Waals surface area contributed by atoms with E-state index in [1.807, 2.05) is 56.0 Å². The smallest absolute Gasteiger partial charge is 0.410 e. The zero-order valence-electron chi connectivity index (χ0n) is 17.6. The van der Waals surface area contributed by atoms with E-state index in [4.69, 9.17) is 9.47 Å². The first-order valence-corrected chi connectivity index (χ1v) is 9.96. The fourth-order valence-corrected chi connectivity index (χ4v) is 3.14. The van der Waals surface area contributed by atoms with Gasteiger partial charge in [0, 0.05) is 31.9 Å². The molecular weight excluding hydrogens is 387 g/mol. The van der Waals surface area contributed by atoms with Gasteiger partial charge in [-0.3, -0.25) is 0 Å². The zero-order chi connectivity index (χ0) is 21.7. The molecule has 3 rings (SSSR count).